The molecule has 0 spiro atoms. The molecule has 4 atom stereocenters. The number of hydrogen-bond donors (Lipinski definition) is 0. The van der Waals surface area contributed by atoms with Crippen LogP contribution in [0.25, 0.3) is 33.4 Å². The minimum absolute atomic E-state index is 0.223. The highest BCUT2D eigenvalue weighted by atomic mass is 16.6. The van der Waals surface area contributed by atoms with Gasteiger partial charge in [0.2, 0.25) is 0 Å². The Morgan fingerprint density at radius 3 is 0.893 bits per heavy atom. The van der Waals surface area contributed by atoms with Crippen molar-refractivity contribution in [2.75, 3.05) is 9.80 Å². The molecule has 0 saturated carbocycles. The number of ether oxygens (including phenoxy) is 4. The fourth-order valence-corrected chi connectivity index (χ4v) is 10.1. The van der Waals surface area contributed by atoms with E-state index >= 15 is 0 Å². The van der Waals surface area contributed by atoms with Crippen molar-refractivity contribution in [3.05, 3.63) is 218 Å². The van der Waals surface area contributed by atoms with Gasteiger partial charge in [-0.15, -0.1) is 0 Å². The summed E-state index contributed by atoms with van der Waals surface area (Å²) in [7, 11) is 0. The van der Waals surface area contributed by atoms with E-state index in [0.29, 0.717) is 31.4 Å². The van der Waals surface area contributed by atoms with E-state index < -0.39 is 34.6 Å². The van der Waals surface area contributed by atoms with Gasteiger partial charge in [-0.25, -0.2) is 0 Å². The molecule has 4 unspecified atom stereocenters. The molecule has 0 N–H and O–H groups in total. The second-order valence-electron chi connectivity index (χ2n) is 26.3. The van der Waals surface area contributed by atoms with Crippen LogP contribution in [0.4, 0.5) is 34.1 Å². The fourth-order valence-electron chi connectivity index (χ4n) is 10.1. The molecule has 0 bridgehead atoms. The van der Waals surface area contributed by atoms with Gasteiger partial charge in [-0.05, 0) is 217 Å². The molecule has 0 aliphatic heterocycles. The molecule has 7 aromatic rings. The number of esters is 3. The minimum atomic E-state index is -0.698. The molecule has 9 nitrogen and oxygen atoms in total. The van der Waals surface area contributed by atoms with Crippen molar-refractivity contribution in [3.63, 3.8) is 0 Å². The molecule has 7 aromatic carbocycles. The van der Waals surface area contributed by atoms with Gasteiger partial charge in [0.15, 0.2) is 0 Å². The molecule has 9 heteroatoms. The smallest absolute Gasteiger partial charge is 0.311 e. The van der Waals surface area contributed by atoms with Crippen LogP contribution in [-0.4, -0.2) is 42.3 Å². The van der Waals surface area contributed by atoms with E-state index in [0.717, 1.165) is 78.7 Å². The van der Waals surface area contributed by atoms with Gasteiger partial charge in [0.05, 0.1) is 22.0 Å². The Morgan fingerprint density at radius 2 is 0.595 bits per heavy atom. The summed E-state index contributed by atoms with van der Waals surface area (Å²) in [6.45, 7) is 27.3. The van der Waals surface area contributed by atoms with E-state index in [1.807, 2.05) is 80.5 Å². The first-order valence-corrected chi connectivity index (χ1v) is 29.4. The van der Waals surface area contributed by atoms with Crippen LogP contribution in [-0.2, 0) is 33.3 Å². The molecule has 2 aliphatic carbocycles. The molecule has 0 aromatic heterocycles. The van der Waals surface area contributed by atoms with E-state index in [-0.39, 0.29) is 29.4 Å². The van der Waals surface area contributed by atoms with Crippen LogP contribution in [0.15, 0.2) is 206 Å². The van der Waals surface area contributed by atoms with Crippen LogP contribution in [0.3, 0.4) is 0 Å². The predicted molar refractivity (Wildman–Crippen MR) is 343 cm³/mol. The molecule has 0 radical (unpaired) electrons. The Morgan fingerprint density at radius 1 is 0.333 bits per heavy atom. The summed E-state index contributed by atoms with van der Waals surface area (Å²) in [6, 6.07) is 63.4. The maximum absolute atomic E-state index is 13.4. The highest BCUT2D eigenvalue weighted by molar-refractivity contribution is 5.86. The monoisotopic (exact) mass is 1120 g/mol. The molecule has 84 heavy (non-hydrogen) atoms. The zero-order valence-electron chi connectivity index (χ0n) is 51.1. The highest BCUT2D eigenvalue weighted by Crippen LogP contribution is 2.43. The first kappa shape index (κ1) is 60.2. The third kappa shape index (κ3) is 14.5. The van der Waals surface area contributed by atoms with E-state index in [4.69, 9.17) is 18.9 Å². The molecular formula is C75H82N2O7. The maximum atomic E-state index is 13.4. The van der Waals surface area contributed by atoms with E-state index in [1.165, 1.54) is 0 Å². The van der Waals surface area contributed by atoms with Crippen molar-refractivity contribution in [2.45, 2.75) is 133 Å². The van der Waals surface area contributed by atoms with Crippen LogP contribution in [0.1, 0.15) is 120 Å². The van der Waals surface area contributed by atoms with Crippen LogP contribution in [0, 0.1) is 21.7 Å². The van der Waals surface area contributed by atoms with Gasteiger partial charge >= 0.3 is 17.9 Å². The average Bonchev–Trinajstić information content (AvgIpc) is 1.99. The lowest BCUT2D eigenvalue weighted by Crippen LogP contribution is -2.34. The summed E-state index contributed by atoms with van der Waals surface area (Å²) < 4.78 is 25.0. The summed E-state index contributed by atoms with van der Waals surface area (Å²) in [5, 5.41) is 0. The number of carbonyl (C=O) groups excluding carboxylic acids is 3. The van der Waals surface area contributed by atoms with Gasteiger partial charge in [-0.3, -0.25) is 14.4 Å². The van der Waals surface area contributed by atoms with E-state index in [2.05, 4.69) is 213 Å². The van der Waals surface area contributed by atoms with Crippen LogP contribution >= 0.6 is 0 Å². The molecule has 0 heterocycles. The maximum Gasteiger partial charge on any atom is 0.311 e. The normalized spacial score (nSPS) is 17.4. The van der Waals surface area contributed by atoms with Crippen LogP contribution in [0.5, 0.6) is 0 Å². The standard InChI is InChI=1S/C75H82N2O7/c1-50(72(2,3)4)81-63-44-46-67(83-70(79)74(8,9)10)65(48-63)55-28-36-59(37-29-55)76(57-32-24-53(25-33-57)51-20-16-14-17-21-51)61-40-42-62(43-41-61)77(58-34-26-54(27-35-58)52-22-18-15-19-23-52)60-38-30-56(31-39-60)66-49-64(82-69(78)73(5,6)7)45-47-68(66)84-71(80)75(11,12)13/h14-43,48-49,63-64,67-68H,1,44-47H2,2-13H3. The van der Waals surface area contributed by atoms with Gasteiger partial charge < -0.3 is 28.7 Å². The molecule has 0 saturated heterocycles. The third-order valence-electron chi connectivity index (χ3n) is 15.3. The topological polar surface area (TPSA) is 94.6 Å². The van der Waals surface area contributed by atoms with Crippen molar-refractivity contribution < 1.29 is 33.3 Å². The Balaban J connectivity index is 1.10. The van der Waals surface area contributed by atoms with Crippen molar-refractivity contribution >= 4 is 63.2 Å². The van der Waals surface area contributed by atoms with E-state index in [9.17, 15) is 14.4 Å². The molecule has 0 fully saturated rings. The zero-order valence-corrected chi connectivity index (χ0v) is 51.1. The lowest BCUT2D eigenvalue weighted by atomic mass is 9.88. The van der Waals surface area contributed by atoms with E-state index in [1.54, 1.807) is 0 Å². The molecule has 0 amide bonds. The van der Waals surface area contributed by atoms with Crippen molar-refractivity contribution in [3.8, 4) is 22.3 Å². The van der Waals surface area contributed by atoms with Gasteiger partial charge in [-0.2, -0.15) is 0 Å². The third-order valence-corrected chi connectivity index (χ3v) is 15.3. The fraction of sp³-hybridized carbons (Fsp3) is 0.320. The Bertz CT molecular complexity index is 3250. The van der Waals surface area contributed by atoms with Gasteiger partial charge in [0, 0.05) is 39.5 Å². The quantitative estimate of drug-likeness (QED) is 0.0565. The molecule has 2 aliphatic rings. The first-order chi connectivity index (χ1) is 39.8. The van der Waals surface area contributed by atoms with Gasteiger partial charge in [-0.1, -0.05) is 137 Å². The van der Waals surface area contributed by atoms with Crippen molar-refractivity contribution in [1.29, 1.82) is 0 Å². The largest absolute Gasteiger partial charge is 0.491 e. The van der Waals surface area contributed by atoms with Crippen LogP contribution < -0.4 is 9.80 Å². The average molecular weight is 1120 g/mol. The van der Waals surface area contributed by atoms with Crippen molar-refractivity contribution in [1.82, 2.24) is 0 Å². The summed E-state index contributed by atoms with van der Waals surface area (Å²) in [4.78, 5) is 44.5. The summed E-state index contributed by atoms with van der Waals surface area (Å²) in [5.41, 5.74) is 11.4. The number of benzene rings is 7. The minimum Gasteiger partial charge on any atom is -0.491 e. The Hall–Kier alpha value is -8.43. The number of anilines is 6. The summed E-state index contributed by atoms with van der Waals surface area (Å²) >= 11 is 0. The number of allylic oxidation sites excluding steroid dienone is 1. The van der Waals surface area contributed by atoms with Gasteiger partial charge in [0.1, 0.15) is 24.4 Å². The second kappa shape index (κ2) is 24.8. The number of hydrogen-bond acceptors (Lipinski definition) is 9. The summed E-state index contributed by atoms with van der Waals surface area (Å²) in [5.74, 6) is -0.104. The Labute approximate surface area is 498 Å². The molecule has 9 rings (SSSR count). The SMILES string of the molecule is C=C(OC1C=C(c2ccc(N(c3ccc(-c4ccccc4)cc3)c3ccc(N(c4ccc(C5=CC(OC(=O)C(C)(C)C)CCC5OC(=O)C(C)(C)C)cc4)c4ccc(-c5ccccc5)cc4)cc3)cc2)C(OC(=O)C(C)(C)C)CC1)C(C)(C)C. The highest BCUT2D eigenvalue weighted by Gasteiger charge is 2.36. The molecular weight excluding hydrogens is 1040 g/mol. The van der Waals surface area contributed by atoms with Crippen molar-refractivity contribution in [2.24, 2.45) is 21.7 Å². The Kier molecular flexibility index (Phi) is 17.8. The summed E-state index contributed by atoms with van der Waals surface area (Å²) in [6.07, 6.45) is 4.79. The zero-order chi connectivity index (χ0) is 60.1. The van der Waals surface area contributed by atoms with Crippen LogP contribution in [0.2, 0.25) is 0 Å². The lowest BCUT2D eigenvalue weighted by molar-refractivity contribution is -0.160. The second-order valence-corrected chi connectivity index (χ2v) is 26.3. The number of carbonyl (C=O) groups is 3. The number of rotatable bonds is 15. The number of nitrogens with zero attached hydrogens (tertiary/aromatic N) is 2. The van der Waals surface area contributed by atoms with Gasteiger partial charge in [0.25, 0.3) is 0 Å². The first-order valence-electron chi connectivity index (χ1n) is 29.4. The lowest BCUT2D eigenvalue weighted by Gasteiger charge is -2.33. The molecule has 434 valence electrons. The predicted octanol–water partition coefficient (Wildman–Crippen LogP) is 19.1.